The molecule has 1 saturated heterocycles. The van der Waals surface area contributed by atoms with Crippen LogP contribution in [0, 0.1) is 0 Å². The number of nitrogens with zero attached hydrogens (tertiary/aromatic N) is 1. The molecule has 0 aliphatic carbocycles. The fourth-order valence-electron chi connectivity index (χ4n) is 3.12. The van der Waals surface area contributed by atoms with Crippen LogP contribution in [0.3, 0.4) is 0 Å². The number of carbonyl (C=O) groups is 3. The second-order valence-corrected chi connectivity index (χ2v) is 7.91. The number of hydrogen-bond acceptors (Lipinski definition) is 5. The molecule has 0 spiro atoms. The molecule has 1 N–H and O–H groups in total. The number of rotatable bonds is 5. The highest BCUT2D eigenvalue weighted by Crippen LogP contribution is 2.20. The molecule has 2 rings (SSSR count). The second kappa shape index (κ2) is 9.57. The Labute approximate surface area is 166 Å². The summed E-state index contributed by atoms with van der Waals surface area (Å²) < 4.78 is 10.1. The average molecular weight is 390 g/mol. The Morgan fingerprint density at radius 2 is 1.82 bits per heavy atom. The van der Waals surface area contributed by atoms with Crippen LogP contribution in [0.4, 0.5) is 4.79 Å². The van der Waals surface area contributed by atoms with Gasteiger partial charge in [0.25, 0.3) is 0 Å². The summed E-state index contributed by atoms with van der Waals surface area (Å²) in [6.07, 6.45) is 2.61. The fourth-order valence-corrected chi connectivity index (χ4v) is 3.12. The minimum Gasteiger partial charge on any atom is -0.465 e. The Bertz CT molecular complexity index is 694. The molecule has 1 aliphatic heterocycles. The molecular formula is C21H30N2O5. The summed E-state index contributed by atoms with van der Waals surface area (Å²) in [4.78, 5) is 38.0. The summed E-state index contributed by atoms with van der Waals surface area (Å²) in [5.41, 5.74) is 0.900. The van der Waals surface area contributed by atoms with Crippen molar-refractivity contribution in [3.8, 4) is 0 Å². The van der Waals surface area contributed by atoms with Crippen LogP contribution in [-0.4, -0.2) is 54.7 Å². The van der Waals surface area contributed by atoms with Gasteiger partial charge in [0.15, 0.2) is 0 Å². The molecule has 154 valence electrons. The highest BCUT2D eigenvalue weighted by molar-refractivity contribution is 5.89. The van der Waals surface area contributed by atoms with Crippen molar-refractivity contribution < 1.29 is 23.9 Å². The first-order chi connectivity index (χ1) is 13.2. The highest BCUT2D eigenvalue weighted by atomic mass is 16.6. The topological polar surface area (TPSA) is 84.9 Å². The van der Waals surface area contributed by atoms with Crippen molar-refractivity contribution in [3.63, 3.8) is 0 Å². The van der Waals surface area contributed by atoms with Crippen molar-refractivity contribution in [3.05, 3.63) is 35.4 Å². The van der Waals surface area contributed by atoms with Gasteiger partial charge in [-0.1, -0.05) is 12.1 Å². The van der Waals surface area contributed by atoms with Crippen molar-refractivity contribution in [1.29, 1.82) is 0 Å². The van der Waals surface area contributed by atoms with Gasteiger partial charge in [-0.25, -0.2) is 9.59 Å². The summed E-state index contributed by atoms with van der Waals surface area (Å²) in [5, 5.41) is 2.92. The van der Waals surface area contributed by atoms with Crippen molar-refractivity contribution in [1.82, 2.24) is 10.2 Å². The number of hydrogen-bond donors (Lipinski definition) is 1. The molecule has 1 unspecified atom stereocenters. The molecule has 2 amide bonds. The number of nitrogens with one attached hydrogen (secondary N) is 1. The van der Waals surface area contributed by atoms with Crippen LogP contribution in [0.25, 0.3) is 0 Å². The molecule has 0 saturated carbocycles. The average Bonchev–Trinajstić information content (AvgIpc) is 2.66. The highest BCUT2D eigenvalue weighted by Gasteiger charge is 2.34. The van der Waals surface area contributed by atoms with E-state index in [1.165, 1.54) is 12.0 Å². The Kier molecular flexibility index (Phi) is 7.43. The van der Waals surface area contributed by atoms with E-state index in [1.807, 2.05) is 32.9 Å². The van der Waals surface area contributed by atoms with Crippen LogP contribution in [0.15, 0.2) is 24.3 Å². The van der Waals surface area contributed by atoms with Crippen LogP contribution in [0.5, 0.6) is 0 Å². The Morgan fingerprint density at radius 3 is 2.43 bits per heavy atom. The van der Waals surface area contributed by atoms with Gasteiger partial charge in [-0.2, -0.15) is 0 Å². The lowest BCUT2D eigenvalue weighted by molar-refractivity contribution is -0.127. The van der Waals surface area contributed by atoms with Crippen LogP contribution in [0.1, 0.15) is 56.0 Å². The standard InChI is InChI=1S/C21H30N2O5/c1-21(2,3)28-20(26)23-14-6-5-7-17(23)18(24)22-13-12-15-8-10-16(11-9-15)19(25)27-4/h8-11,17H,5-7,12-14H2,1-4H3,(H,22,24). The van der Waals surface area contributed by atoms with Crippen LogP contribution < -0.4 is 5.32 Å². The SMILES string of the molecule is COC(=O)c1ccc(CCNC(=O)C2CCCCN2C(=O)OC(C)(C)C)cc1. The van der Waals surface area contributed by atoms with Crippen LogP contribution >= 0.6 is 0 Å². The first kappa shape index (κ1) is 21.7. The number of likely N-dealkylation sites (tertiary alicyclic amines) is 1. The summed E-state index contributed by atoms with van der Waals surface area (Å²) in [6, 6.07) is 6.59. The molecule has 1 atom stereocenters. The van der Waals surface area contributed by atoms with E-state index in [2.05, 4.69) is 10.1 Å². The lowest BCUT2D eigenvalue weighted by atomic mass is 10.0. The lowest BCUT2D eigenvalue weighted by Crippen LogP contribution is -2.53. The molecule has 1 fully saturated rings. The molecule has 7 nitrogen and oxygen atoms in total. The van der Waals surface area contributed by atoms with E-state index < -0.39 is 17.7 Å². The molecule has 1 heterocycles. The molecule has 0 aromatic heterocycles. The molecule has 1 aliphatic rings. The van der Waals surface area contributed by atoms with Gasteiger partial charge in [0.05, 0.1) is 12.7 Å². The number of ether oxygens (including phenoxy) is 2. The van der Waals surface area contributed by atoms with Gasteiger partial charge in [0.1, 0.15) is 11.6 Å². The third kappa shape index (κ3) is 6.25. The summed E-state index contributed by atoms with van der Waals surface area (Å²) >= 11 is 0. The third-order valence-corrected chi connectivity index (χ3v) is 4.52. The zero-order chi connectivity index (χ0) is 20.7. The largest absolute Gasteiger partial charge is 0.465 e. The van der Waals surface area contributed by atoms with Crippen molar-refractivity contribution in [2.75, 3.05) is 20.2 Å². The first-order valence-electron chi connectivity index (χ1n) is 9.66. The van der Waals surface area contributed by atoms with Gasteiger partial charge in [-0.05, 0) is 64.2 Å². The third-order valence-electron chi connectivity index (χ3n) is 4.52. The quantitative estimate of drug-likeness (QED) is 0.782. The van der Waals surface area contributed by atoms with Crippen molar-refractivity contribution >= 4 is 18.0 Å². The Hall–Kier alpha value is -2.57. The molecule has 0 bridgehead atoms. The Morgan fingerprint density at radius 1 is 1.14 bits per heavy atom. The zero-order valence-electron chi connectivity index (χ0n) is 17.1. The zero-order valence-corrected chi connectivity index (χ0v) is 17.1. The maximum Gasteiger partial charge on any atom is 0.410 e. The predicted octanol–water partition coefficient (Wildman–Crippen LogP) is 2.92. The minimum absolute atomic E-state index is 0.156. The van der Waals surface area contributed by atoms with Crippen LogP contribution in [0.2, 0.25) is 0 Å². The number of methoxy groups -OCH3 is 1. The number of piperidine rings is 1. The molecule has 7 heteroatoms. The van der Waals surface area contributed by atoms with E-state index in [1.54, 1.807) is 12.1 Å². The maximum absolute atomic E-state index is 12.6. The van der Waals surface area contributed by atoms with Gasteiger partial charge >= 0.3 is 12.1 Å². The summed E-state index contributed by atoms with van der Waals surface area (Å²) in [7, 11) is 1.34. The number of benzene rings is 1. The first-order valence-corrected chi connectivity index (χ1v) is 9.66. The van der Waals surface area contributed by atoms with E-state index >= 15 is 0 Å². The van der Waals surface area contributed by atoms with Crippen LogP contribution in [-0.2, 0) is 20.7 Å². The van der Waals surface area contributed by atoms with Gasteiger partial charge in [0, 0.05) is 13.1 Å². The second-order valence-electron chi connectivity index (χ2n) is 7.91. The van der Waals surface area contributed by atoms with E-state index in [9.17, 15) is 14.4 Å². The minimum atomic E-state index is -0.591. The van der Waals surface area contributed by atoms with E-state index in [-0.39, 0.29) is 11.9 Å². The van der Waals surface area contributed by atoms with Gasteiger partial charge in [-0.15, -0.1) is 0 Å². The van der Waals surface area contributed by atoms with E-state index in [0.29, 0.717) is 31.5 Å². The Balaban J connectivity index is 1.88. The van der Waals surface area contributed by atoms with Gasteiger partial charge in [-0.3, -0.25) is 9.69 Å². The number of carbonyl (C=O) groups excluding carboxylic acids is 3. The predicted molar refractivity (Wildman–Crippen MR) is 105 cm³/mol. The molecule has 1 aromatic rings. The number of amides is 2. The van der Waals surface area contributed by atoms with Crippen molar-refractivity contribution in [2.45, 2.75) is 58.1 Å². The monoisotopic (exact) mass is 390 g/mol. The molecule has 1 aromatic carbocycles. The summed E-state index contributed by atoms with van der Waals surface area (Å²) in [6.45, 7) is 6.43. The molecular weight excluding hydrogens is 360 g/mol. The van der Waals surface area contributed by atoms with E-state index in [4.69, 9.17) is 4.74 Å². The fraction of sp³-hybridized carbons (Fsp3) is 0.571. The maximum atomic E-state index is 12.6. The normalized spacial score (nSPS) is 17.0. The number of esters is 1. The lowest BCUT2D eigenvalue weighted by Gasteiger charge is -2.35. The van der Waals surface area contributed by atoms with Gasteiger partial charge in [0.2, 0.25) is 5.91 Å². The van der Waals surface area contributed by atoms with Crippen molar-refractivity contribution in [2.24, 2.45) is 0 Å². The van der Waals surface area contributed by atoms with Gasteiger partial charge < -0.3 is 14.8 Å². The molecule has 28 heavy (non-hydrogen) atoms. The smallest absolute Gasteiger partial charge is 0.410 e. The molecule has 0 radical (unpaired) electrons. The van der Waals surface area contributed by atoms with E-state index in [0.717, 1.165) is 18.4 Å². The summed E-state index contributed by atoms with van der Waals surface area (Å²) in [5.74, 6) is -0.531.